The SMILES string of the molecule is CN(C)c1ccc(NC(=O)C(C)(C)CN)cc1Cl. The van der Waals surface area contributed by atoms with Crippen LogP contribution < -0.4 is 16.0 Å². The molecule has 5 heteroatoms. The number of nitrogens with two attached hydrogens (primary N) is 1. The Morgan fingerprint density at radius 1 is 1.44 bits per heavy atom. The van der Waals surface area contributed by atoms with Gasteiger partial charge in [0.05, 0.1) is 16.1 Å². The summed E-state index contributed by atoms with van der Waals surface area (Å²) in [5.41, 5.74) is 6.56. The lowest BCUT2D eigenvalue weighted by atomic mass is 9.92. The van der Waals surface area contributed by atoms with Gasteiger partial charge in [-0.3, -0.25) is 4.79 Å². The zero-order valence-electron chi connectivity index (χ0n) is 11.2. The van der Waals surface area contributed by atoms with Gasteiger partial charge >= 0.3 is 0 Å². The van der Waals surface area contributed by atoms with Crippen molar-refractivity contribution < 1.29 is 4.79 Å². The summed E-state index contributed by atoms with van der Waals surface area (Å²) in [7, 11) is 3.83. The second kappa shape index (κ2) is 5.59. The highest BCUT2D eigenvalue weighted by atomic mass is 35.5. The van der Waals surface area contributed by atoms with E-state index in [9.17, 15) is 4.79 Å². The zero-order valence-corrected chi connectivity index (χ0v) is 12.0. The van der Waals surface area contributed by atoms with Gasteiger partial charge < -0.3 is 16.0 Å². The molecule has 3 N–H and O–H groups in total. The molecule has 1 rings (SSSR count). The summed E-state index contributed by atoms with van der Waals surface area (Å²) in [6, 6.07) is 5.43. The van der Waals surface area contributed by atoms with Gasteiger partial charge in [0.1, 0.15) is 0 Å². The molecule has 0 saturated heterocycles. The maximum absolute atomic E-state index is 12.0. The van der Waals surface area contributed by atoms with Crippen LogP contribution in [-0.4, -0.2) is 26.5 Å². The molecule has 4 nitrogen and oxygen atoms in total. The number of hydrogen-bond donors (Lipinski definition) is 2. The van der Waals surface area contributed by atoms with Crippen molar-refractivity contribution in [1.29, 1.82) is 0 Å². The molecule has 0 radical (unpaired) electrons. The van der Waals surface area contributed by atoms with E-state index in [1.54, 1.807) is 19.9 Å². The first-order chi connectivity index (χ1) is 8.27. The van der Waals surface area contributed by atoms with E-state index in [1.165, 1.54) is 0 Å². The van der Waals surface area contributed by atoms with Gasteiger partial charge in [-0.15, -0.1) is 0 Å². The van der Waals surface area contributed by atoms with Gasteiger partial charge in [0.25, 0.3) is 0 Å². The summed E-state index contributed by atoms with van der Waals surface area (Å²) in [4.78, 5) is 13.9. The van der Waals surface area contributed by atoms with Crippen molar-refractivity contribution in [3.05, 3.63) is 23.2 Å². The van der Waals surface area contributed by atoms with Crippen LogP contribution in [-0.2, 0) is 4.79 Å². The van der Waals surface area contributed by atoms with E-state index < -0.39 is 5.41 Å². The van der Waals surface area contributed by atoms with Crippen molar-refractivity contribution in [2.75, 3.05) is 30.9 Å². The summed E-state index contributed by atoms with van der Waals surface area (Å²) in [5, 5.41) is 3.42. The number of nitrogens with zero attached hydrogens (tertiary/aromatic N) is 1. The van der Waals surface area contributed by atoms with Gasteiger partial charge in [0, 0.05) is 26.3 Å². The molecule has 18 heavy (non-hydrogen) atoms. The summed E-state index contributed by atoms with van der Waals surface area (Å²) in [6.45, 7) is 3.90. The summed E-state index contributed by atoms with van der Waals surface area (Å²) >= 11 is 6.14. The topological polar surface area (TPSA) is 58.4 Å². The third-order valence-electron chi connectivity index (χ3n) is 2.81. The number of amides is 1. The first-order valence-corrected chi connectivity index (χ1v) is 6.14. The maximum Gasteiger partial charge on any atom is 0.231 e. The van der Waals surface area contributed by atoms with Gasteiger partial charge in [0.15, 0.2) is 0 Å². The smallest absolute Gasteiger partial charge is 0.231 e. The average molecular weight is 270 g/mol. The molecule has 0 fully saturated rings. The van der Waals surface area contributed by atoms with Crippen LogP contribution in [0.5, 0.6) is 0 Å². The highest BCUT2D eigenvalue weighted by Gasteiger charge is 2.25. The summed E-state index contributed by atoms with van der Waals surface area (Å²) < 4.78 is 0. The Morgan fingerprint density at radius 2 is 2.06 bits per heavy atom. The molecule has 0 atom stereocenters. The molecular formula is C13H20ClN3O. The Bertz CT molecular complexity index is 444. The number of anilines is 2. The molecule has 0 heterocycles. The third-order valence-corrected chi connectivity index (χ3v) is 3.12. The fourth-order valence-corrected chi connectivity index (χ4v) is 1.69. The molecule has 1 aromatic carbocycles. The van der Waals surface area contributed by atoms with E-state index in [1.807, 2.05) is 31.1 Å². The molecular weight excluding hydrogens is 250 g/mol. The van der Waals surface area contributed by atoms with E-state index >= 15 is 0 Å². The molecule has 0 aliphatic rings. The largest absolute Gasteiger partial charge is 0.376 e. The zero-order chi connectivity index (χ0) is 13.9. The van der Waals surface area contributed by atoms with Crippen LogP contribution in [0, 0.1) is 5.41 Å². The number of rotatable bonds is 4. The van der Waals surface area contributed by atoms with Gasteiger partial charge in [-0.25, -0.2) is 0 Å². The lowest BCUT2D eigenvalue weighted by molar-refractivity contribution is -0.123. The van der Waals surface area contributed by atoms with Gasteiger partial charge in [-0.1, -0.05) is 11.6 Å². The lowest BCUT2D eigenvalue weighted by Crippen LogP contribution is -2.37. The fourth-order valence-electron chi connectivity index (χ4n) is 1.34. The van der Waals surface area contributed by atoms with Crippen LogP contribution >= 0.6 is 11.6 Å². The summed E-state index contributed by atoms with van der Waals surface area (Å²) in [6.07, 6.45) is 0. The van der Waals surface area contributed by atoms with Gasteiger partial charge in [-0.05, 0) is 32.0 Å². The number of carbonyl (C=O) groups is 1. The Kier molecular flexibility index (Phi) is 4.59. The van der Waals surface area contributed by atoms with Crippen molar-refractivity contribution in [1.82, 2.24) is 0 Å². The number of nitrogens with one attached hydrogen (secondary N) is 1. The van der Waals surface area contributed by atoms with E-state index in [0.29, 0.717) is 17.3 Å². The average Bonchev–Trinajstić information content (AvgIpc) is 2.28. The minimum atomic E-state index is -0.591. The van der Waals surface area contributed by atoms with Crippen LogP contribution in [0.2, 0.25) is 5.02 Å². The highest BCUT2D eigenvalue weighted by molar-refractivity contribution is 6.33. The summed E-state index contributed by atoms with van der Waals surface area (Å²) in [5.74, 6) is -0.112. The third kappa shape index (κ3) is 3.37. The second-order valence-electron chi connectivity index (χ2n) is 5.10. The Hall–Kier alpha value is -1.26. The molecule has 0 spiro atoms. The molecule has 0 bridgehead atoms. The molecule has 1 amide bonds. The number of hydrogen-bond acceptors (Lipinski definition) is 3. The molecule has 0 unspecified atom stereocenters. The maximum atomic E-state index is 12.0. The minimum absolute atomic E-state index is 0.112. The first kappa shape index (κ1) is 14.8. The van der Waals surface area contributed by atoms with Crippen LogP contribution in [0.25, 0.3) is 0 Å². The van der Waals surface area contributed by atoms with Crippen LogP contribution in [0.1, 0.15) is 13.8 Å². The Morgan fingerprint density at radius 3 is 2.50 bits per heavy atom. The van der Waals surface area contributed by atoms with Crippen molar-refractivity contribution in [3.63, 3.8) is 0 Å². The monoisotopic (exact) mass is 269 g/mol. The Balaban J connectivity index is 2.88. The standard InChI is InChI=1S/C13H20ClN3O/c1-13(2,8-15)12(18)16-9-5-6-11(17(3)4)10(14)7-9/h5-7H,8,15H2,1-4H3,(H,16,18). The fraction of sp³-hybridized carbons (Fsp3) is 0.462. The Labute approximate surface area is 113 Å². The van der Waals surface area contributed by atoms with Crippen LogP contribution in [0.4, 0.5) is 11.4 Å². The minimum Gasteiger partial charge on any atom is -0.376 e. The van der Waals surface area contributed by atoms with E-state index in [-0.39, 0.29) is 5.91 Å². The van der Waals surface area contributed by atoms with E-state index in [2.05, 4.69) is 5.32 Å². The van der Waals surface area contributed by atoms with Crippen molar-refractivity contribution in [2.24, 2.45) is 11.1 Å². The molecule has 0 aromatic heterocycles. The lowest BCUT2D eigenvalue weighted by Gasteiger charge is -2.22. The van der Waals surface area contributed by atoms with Crippen LogP contribution in [0.15, 0.2) is 18.2 Å². The number of carbonyl (C=O) groups excluding carboxylic acids is 1. The number of benzene rings is 1. The molecule has 1 aromatic rings. The highest BCUT2D eigenvalue weighted by Crippen LogP contribution is 2.28. The molecule has 0 aliphatic heterocycles. The van der Waals surface area contributed by atoms with E-state index in [4.69, 9.17) is 17.3 Å². The van der Waals surface area contributed by atoms with Gasteiger partial charge in [0.2, 0.25) is 5.91 Å². The quantitative estimate of drug-likeness (QED) is 0.882. The number of halogens is 1. The van der Waals surface area contributed by atoms with Gasteiger partial charge in [-0.2, -0.15) is 0 Å². The molecule has 100 valence electrons. The molecule has 0 aliphatic carbocycles. The van der Waals surface area contributed by atoms with Crippen molar-refractivity contribution in [2.45, 2.75) is 13.8 Å². The van der Waals surface area contributed by atoms with Crippen molar-refractivity contribution >= 4 is 28.9 Å². The molecule has 0 saturated carbocycles. The second-order valence-corrected chi connectivity index (χ2v) is 5.51. The van der Waals surface area contributed by atoms with Crippen molar-refractivity contribution in [3.8, 4) is 0 Å². The van der Waals surface area contributed by atoms with Crippen LogP contribution in [0.3, 0.4) is 0 Å². The predicted octanol–water partition coefficient (Wildman–Crippen LogP) is 2.33. The van der Waals surface area contributed by atoms with E-state index in [0.717, 1.165) is 5.69 Å². The normalized spacial score (nSPS) is 11.2. The first-order valence-electron chi connectivity index (χ1n) is 5.76. The predicted molar refractivity (Wildman–Crippen MR) is 77.2 cm³/mol.